The number of nitrogens with two attached hydrogens (primary N) is 1. The molecule has 0 aromatic carbocycles. The van der Waals surface area contributed by atoms with Gasteiger partial charge in [-0.1, -0.05) is 20.8 Å². The smallest absolute Gasteiger partial charge is 0.282 e. The van der Waals surface area contributed by atoms with Gasteiger partial charge in [-0.05, 0) is 11.8 Å². The number of nitrogens with one attached hydrogen (secondary N) is 1. The first-order valence-corrected chi connectivity index (χ1v) is 6.54. The molecule has 0 aliphatic rings. The molecule has 0 aliphatic heterocycles. The molecule has 2 aromatic heterocycles. The van der Waals surface area contributed by atoms with Gasteiger partial charge in [0.25, 0.3) is 5.22 Å². The number of nitrogen functional groups attached to an aromatic ring is 1. The van der Waals surface area contributed by atoms with E-state index in [2.05, 4.69) is 25.6 Å². The molecule has 2 rings (SSSR count). The van der Waals surface area contributed by atoms with Gasteiger partial charge in [0.2, 0.25) is 5.89 Å². The van der Waals surface area contributed by atoms with Crippen LogP contribution in [0, 0.1) is 6.92 Å². The second-order valence-corrected chi connectivity index (χ2v) is 5.97. The van der Waals surface area contributed by atoms with Crippen molar-refractivity contribution in [3.05, 3.63) is 17.8 Å². The number of aryl methyl sites for hydroxylation is 1. The minimum absolute atomic E-state index is 0.174. The van der Waals surface area contributed by atoms with Gasteiger partial charge in [0.05, 0.1) is 0 Å². The summed E-state index contributed by atoms with van der Waals surface area (Å²) >= 11 is 1.28. The molecule has 0 spiro atoms. The minimum Gasteiger partial charge on any atom is -0.416 e. The highest BCUT2D eigenvalue weighted by molar-refractivity contribution is 7.99. The number of rotatable bonds is 3. The molecule has 7 nitrogen and oxygen atoms in total. The van der Waals surface area contributed by atoms with Crippen molar-refractivity contribution in [1.82, 2.24) is 20.2 Å². The Kier molecular flexibility index (Phi) is 3.72. The molecular weight excluding hydrogens is 264 g/mol. The van der Waals surface area contributed by atoms with E-state index in [0.717, 1.165) is 0 Å². The van der Waals surface area contributed by atoms with Crippen LogP contribution in [0.25, 0.3) is 0 Å². The van der Waals surface area contributed by atoms with Crippen molar-refractivity contribution >= 4 is 17.6 Å². The van der Waals surface area contributed by atoms with Gasteiger partial charge in [-0.2, -0.15) is 0 Å². The first-order chi connectivity index (χ1) is 8.88. The van der Waals surface area contributed by atoms with Gasteiger partial charge in [0, 0.05) is 18.4 Å². The molecule has 102 valence electrons. The van der Waals surface area contributed by atoms with Crippen molar-refractivity contribution in [3.63, 3.8) is 0 Å². The van der Waals surface area contributed by atoms with E-state index in [4.69, 9.17) is 10.3 Å². The number of aromatic nitrogens is 4. The SMILES string of the molecule is Cc1nnc(Sc2cc(NN)nc(C(C)(C)C)n2)o1. The summed E-state index contributed by atoms with van der Waals surface area (Å²) < 4.78 is 5.32. The van der Waals surface area contributed by atoms with Crippen LogP contribution in [0.1, 0.15) is 32.5 Å². The summed E-state index contributed by atoms with van der Waals surface area (Å²) in [5, 5.41) is 8.85. The third-order valence-electron chi connectivity index (χ3n) is 2.22. The normalized spacial score (nSPS) is 11.6. The van der Waals surface area contributed by atoms with E-state index >= 15 is 0 Å². The number of nitrogens with zero attached hydrogens (tertiary/aromatic N) is 4. The van der Waals surface area contributed by atoms with Crippen LogP contribution in [0.3, 0.4) is 0 Å². The van der Waals surface area contributed by atoms with E-state index in [9.17, 15) is 0 Å². The summed E-state index contributed by atoms with van der Waals surface area (Å²) in [6, 6.07) is 1.74. The lowest BCUT2D eigenvalue weighted by molar-refractivity contribution is 0.429. The van der Waals surface area contributed by atoms with Gasteiger partial charge >= 0.3 is 0 Å². The predicted octanol–water partition coefficient (Wildman–Crippen LogP) is 1.90. The van der Waals surface area contributed by atoms with Crippen LogP contribution >= 0.6 is 11.8 Å². The first-order valence-electron chi connectivity index (χ1n) is 5.72. The fraction of sp³-hybridized carbons (Fsp3) is 0.455. The lowest BCUT2D eigenvalue weighted by Gasteiger charge is -2.17. The number of hydrogen-bond acceptors (Lipinski definition) is 8. The average molecular weight is 280 g/mol. The van der Waals surface area contributed by atoms with Crippen molar-refractivity contribution in [1.29, 1.82) is 0 Å². The molecule has 2 heterocycles. The molecule has 0 bridgehead atoms. The van der Waals surface area contributed by atoms with E-state index in [1.165, 1.54) is 11.8 Å². The summed E-state index contributed by atoms with van der Waals surface area (Å²) in [4.78, 5) is 8.83. The summed E-state index contributed by atoms with van der Waals surface area (Å²) in [6.45, 7) is 7.85. The van der Waals surface area contributed by atoms with Gasteiger partial charge in [0.1, 0.15) is 16.7 Å². The van der Waals surface area contributed by atoms with Gasteiger partial charge in [-0.3, -0.25) is 0 Å². The third kappa shape index (κ3) is 3.42. The Morgan fingerprint density at radius 3 is 2.53 bits per heavy atom. The summed E-state index contributed by atoms with van der Waals surface area (Å²) in [5.41, 5.74) is 2.37. The van der Waals surface area contributed by atoms with Gasteiger partial charge in [-0.25, -0.2) is 15.8 Å². The maximum atomic E-state index is 5.43. The molecule has 3 N–H and O–H groups in total. The van der Waals surface area contributed by atoms with Crippen LogP contribution in [0.5, 0.6) is 0 Å². The monoisotopic (exact) mass is 280 g/mol. The van der Waals surface area contributed by atoms with Crippen LogP contribution in [0.2, 0.25) is 0 Å². The van der Waals surface area contributed by atoms with Gasteiger partial charge in [-0.15, -0.1) is 10.2 Å². The van der Waals surface area contributed by atoms with E-state index in [1.807, 2.05) is 20.8 Å². The summed E-state index contributed by atoms with van der Waals surface area (Å²) in [5.74, 6) is 7.20. The van der Waals surface area contributed by atoms with E-state index in [0.29, 0.717) is 27.8 Å². The fourth-order valence-electron chi connectivity index (χ4n) is 1.30. The highest BCUT2D eigenvalue weighted by atomic mass is 32.2. The van der Waals surface area contributed by atoms with E-state index in [-0.39, 0.29) is 5.41 Å². The van der Waals surface area contributed by atoms with Crippen molar-refractivity contribution in [3.8, 4) is 0 Å². The molecule has 8 heteroatoms. The van der Waals surface area contributed by atoms with E-state index < -0.39 is 0 Å². The summed E-state index contributed by atoms with van der Waals surface area (Å²) in [6.07, 6.45) is 0. The second-order valence-electron chi connectivity index (χ2n) is 5.00. The number of hydrogen-bond donors (Lipinski definition) is 2. The van der Waals surface area contributed by atoms with Gasteiger partial charge in [0.15, 0.2) is 0 Å². The van der Waals surface area contributed by atoms with Crippen molar-refractivity contribution < 1.29 is 4.42 Å². The highest BCUT2D eigenvalue weighted by Gasteiger charge is 2.20. The first kappa shape index (κ1) is 13.8. The third-order valence-corrected chi connectivity index (χ3v) is 2.98. The van der Waals surface area contributed by atoms with Crippen LogP contribution in [0.15, 0.2) is 20.7 Å². The molecule has 0 unspecified atom stereocenters. The molecular formula is C11H16N6OS. The molecule has 0 saturated carbocycles. The Labute approximate surface area is 115 Å². The maximum Gasteiger partial charge on any atom is 0.282 e. The lowest BCUT2D eigenvalue weighted by atomic mass is 9.96. The Hall–Kier alpha value is -1.67. The van der Waals surface area contributed by atoms with Crippen LogP contribution in [-0.4, -0.2) is 20.2 Å². The van der Waals surface area contributed by atoms with Crippen molar-refractivity contribution in [2.75, 3.05) is 5.43 Å². The molecule has 0 radical (unpaired) electrons. The Morgan fingerprint density at radius 2 is 2.00 bits per heavy atom. The zero-order valence-corrected chi connectivity index (χ0v) is 12.1. The Morgan fingerprint density at radius 1 is 1.26 bits per heavy atom. The van der Waals surface area contributed by atoms with E-state index in [1.54, 1.807) is 13.0 Å². The second kappa shape index (κ2) is 5.14. The zero-order valence-electron chi connectivity index (χ0n) is 11.3. The highest BCUT2D eigenvalue weighted by Crippen LogP contribution is 2.28. The standard InChI is InChI=1S/C11H16N6OS/c1-6-16-17-10(18-6)19-8-5-7(15-12)13-9(14-8)11(2,3)4/h5H,12H2,1-4H3,(H,13,14,15). The van der Waals surface area contributed by atoms with Crippen LogP contribution < -0.4 is 11.3 Å². The largest absolute Gasteiger partial charge is 0.416 e. The van der Waals surface area contributed by atoms with Crippen molar-refractivity contribution in [2.24, 2.45) is 5.84 Å². The fourth-order valence-corrected chi connectivity index (χ4v) is 2.02. The average Bonchev–Trinajstić information content (AvgIpc) is 2.73. The predicted molar refractivity (Wildman–Crippen MR) is 71.7 cm³/mol. The molecule has 0 atom stereocenters. The van der Waals surface area contributed by atoms with Crippen LogP contribution in [0.4, 0.5) is 5.82 Å². The number of hydrazine groups is 1. The topological polar surface area (TPSA) is 103 Å². The minimum atomic E-state index is -0.174. The Bertz CT molecular complexity index is 577. The Balaban J connectivity index is 2.34. The molecule has 0 amide bonds. The zero-order chi connectivity index (χ0) is 14.0. The molecule has 19 heavy (non-hydrogen) atoms. The lowest BCUT2D eigenvalue weighted by Crippen LogP contribution is -2.19. The van der Waals surface area contributed by atoms with Gasteiger partial charge < -0.3 is 9.84 Å². The maximum absolute atomic E-state index is 5.43. The molecule has 0 saturated heterocycles. The quantitative estimate of drug-likeness (QED) is 0.499. The van der Waals surface area contributed by atoms with Crippen LogP contribution in [-0.2, 0) is 5.41 Å². The summed E-state index contributed by atoms with van der Waals surface area (Å²) in [7, 11) is 0. The molecule has 2 aromatic rings. The number of anilines is 1. The molecule has 0 fully saturated rings. The van der Waals surface area contributed by atoms with Crippen molar-refractivity contribution in [2.45, 2.75) is 43.4 Å². The molecule has 0 aliphatic carbocycles.